The van der Waals surface area contributed by atoms with E-state index >= 15 is 0 Å². The summed E-state index contributed by atoms with van der Waals surface area (Å²) >= 11 is 0. The minimum Gasteiger partial charge on any atom is -0.312 e. The monoisotopic (exact) mass is 457 g/mol. The summed E-state index contributed by atoms with van der Waals surface area (Å²) in [6, 6.07) is 0. The predicted octanol–water partition coefficient (Wildman–Crippen LogP) is 2.41. The number of halogens is 6. The summed E-state index contributed by atoms with van der Waals surface area (Å²) < 4.78 is 127. The third kappa shape index (κ3) is 5.53. The highest BCUT2D eigenvalue weighted by Crippen LogP contribution is 2.33. The van der Waals surface area contributed by atoms with E-state index in [1.165, 1.54) is 6.55 Å². The Labute approximate surface area is 138 Å². The summed E-state index contributed by atoms with van der Waals surface area (Å²) in [7, 11) is -21.8. The number of rotatable bonds is 6. The number of alkyl halides is 6. The average Bonchev–Trinajstić information content (AvgIpc) is 2.21. The molecular weight excluding hydrogens is 442 g/mol. The van der Waals surface area contributed by atoms with E-state index in [0.29, 0.717) is 0 Å². The molecule has 0 aliphatic rings. The smallest absolute Gasteiger partial charge is 0.312 e. The van der Waals surface area contributed by atoms with Gasteiger partial charge in [0.25, 0.3) is 0 Å². The molecule has 0 saturated heterocycles. The van der Waals surface area contributed by atoms with E-state index in [-0.39, 0.29) is 0 Å². The highest BCUT2D eigenvalue weighted by molar-refractivity contribution is 7.91. The summed E-state index contributed by atoms with van der Waals surface area (Å²) in [5.74, 6) is 0. The van der Waals surface area contributed by atoms with Crippen LogP contribution in [0, 0.1) is 0 Å². The Balaban J connectivity index is 5.63. The standard InChI is InChI=1S/C7H15F6O6S2Si3/c1-22(23(2,3)18-20(14,15)6(8,9)10)24(4,5)19-21(16,17)7(11,12)13/h1-5H3. The van der Waals surface area contributed by atoms with Gasteiger partial charge in [-0.1, -0.05) is 6.55 Å². The first-order chi connectivity index (χ1) is 10.1. The molecule has 0 heterocycles. The molecule has 17 heteroatoms. The lowest BCUT2D eigenvalue weighted by Gasteiger charge is -2.36. The Morgan fingerprint density at radius 1 is 0.708 bits per heavy atom. The first-order valence-corrected chi connectivity index (χ1v) is 18.6. The molecule has 0 saturated carbocycles. The quantitative estimate of drug-likeness (QED) is 0.346. The zero-order chi connectivity index (χ0) is 20.0. The first-order valence-electron chi connectivity index (χ1n) is 5.95. The Bertz CT molecular complexity index is 610. The van der Waals surface area contributed by atoms with Crippen molar-refractivity contribution < 1.29 is 50.9 Å². The van der Waals surface area contributed by atoms with Crippen LogP contribution < -0.4 is 0 Å². The highest BCUT2D eigenvalue weighted by atomic mass is 32.2. The van der Waals surface area contributed by atoms with Gasteiger partial charge in [0.2, 0.25) is 0 Å². The number of hydrogen-bond acceptors (Lipinski definition) is 6. The van der Waals surface area contributed by atoms with Gasteiger partial charge in [-0.3, -0.25) is 0 Å². The molecule has 0 rings (SSSR count). The van der Waals surface area contributed by atoms with E-state index in [4.69, 9.17) is 0 Å². The van der Waals surface area contributed by atoms with Crippen LogP contribution in [-0.4, -0.2) is 51.4 Å². The largest absolute Gasteiger partial charge is 0.522 e. The maximum Gasteiger partial charge on any atom is 0.522 e. The van der Waals surface area contributed by atoms with Crippen LogP contribution >= 0.6 is 0 Å². The Hall–Kier alpha value is 0.0506. The second-order valence-corrected chi connectivity index (χ2v) is 30.2. The molecule has 0 aliphatic carbocycles. The molecule has 0 amide bonds. The normalized spacial score (nSPS) is 15.8. The molecule has 0 aromatic rings. The average molecular weight is 458 g/mol. The maximum absolute atomic E-state index is 12.4. The molecule has 6 nitrogen and oxygen atoms in total. The fourth-order valence-electron chi connectivity index (χ4n) is 1.49. The zero-order valence-corrected chi connectivity index (χ0v) is 17.7. The summed E-state index contributed by atoms with van der Waals surface area (Å²) in [6.45, 7) is 5.44. The van der Waals surface area contributed by atoms with Crippen molar-refractivity contribution in [1.29, 1.82) is 0 Å². The summed E-state index contributed by atoms with van der Waals surface area (Å²) in [6.07, 6.45) is 0. The van der Waals surface area contributed by atoms with Crippen LogP contribution in [0.2, 0.25) is 32.7 Å². The van der Waals surface area contributed by atoms with Gasteiger partial charge < -0.3 is 7.74 Å². The van der Waals surface area contributed by atoms with E-state index in [1.807, 2.05) is 0 Å². The molecule has 1 radical (unpaired) electrons. The molecule has 0 bridgehead atoms. The van der Waals surface area contributed by atoms with Gasteiger partial charge in [0.15, 0.2) is 15.7 Å². The molecule has 24 heavy (non-hydrogen) atoms. The van der Waals surface area contributed by atoms with Crippen LogP contribution in [0.3, 0.4) is 0 Å². The van der Waals surface area contributed by atoms with Gasteiger partial charge in [0, 0.05) is 0 Å². The minimum atomic E-state index is -5.95. The third-order valence-electron chi connectivity index (χ3n) is 3.01. The molecule has 0 spiro atoms. The second kappa shape index (κ2) is 6.65. The number of hydrogen-bond donors (Lipinski definition) is 0. The molecule has 0 N–H and O–H groups in total. The maximum atomic E-state index is 12.4. The molecular formula is C7H15F6O6S2Si3. The summed E-state index contributed by atoms with van der Waals surface area (Å²) in [5.41, 5.74) is -11.4. The van der Waals surface area contributed by atoms with Crippen molar-refractivity contribution in [2.75, 3.05) is 0 Å². The molecule has 145 valence electrons. The molecule has 0 unspecified atom stereocenters. The van der Waals surface area contributed by atoms with Crippen LogP contribution in [-0.2, 0) is 28.0 Å². The molecule has 0 fully saturated rings. The van der Waals surface area contributed by atoms with Crippen LogP contribution in [0.15, 0.2) is 0 Å². The van der Waals surface area contributed by atoms with Gasteiger partial charge in [0.05, 0.1) is 0 Å². The van der Waals surface area contributed by atoms with E-state index < -0.39 is 54.8 Å². The van der Waals surface area contributed by atoms with E-state index in [2.05, 4.69) is 7.74 Å². The van der Waals surface area contributed by atoms with Crippen LogP contribution in [0.5, 0.6) is 0 Å². The van der Waals surface area contributed by atoms with Crippen molar-refractivity contribution in [2.24, 2.45) is 0 Å². The fraction of sp³-hybridized carbons (Fsp3) is 1.00. The summed E-state index contributed by atoms with van der Waals surface area (Å²) in [5, 5.41) is 0. The van der Waals surface area contributed by atoms with E-state index in [1.54, 1.807) is 0 Å². The molecule has 0 atom stereocenters. The lowest BCUT2D eigenvalue weighted by molar-refractivity contribution is -0.0505. The Morgan fingerprint density at radius 3 is 1.08 bits per heavy atom. The summed E-state index contributed by atoms with van der Waals surface area (Å²) in [4.78, 5) is 0. The van der Waals surface area contributed by atoms with Gasteiger partial charge in [0.1, 0.15) is 7.83 Å². The topological polar surface area (TPSA) is 86.7 Å². The van der Waals surface area contributed by atoms with Gasteiger partial charge in [-0.05, 0) is 26.2 Å². The molecule has 0 aromatic carbocycles. The predicted molar refractivity (Wildman–Crippen MR) is 78.7 cm³/mol. The zero-order valence-electron chi connectivity index (χ0n) is 13.0. The van der Waals surface area contributed by atoms with Gasteiger partial charge in [-0.15, -0.1) is 0 Å². The highest BCUT2D eigenvalue weighted by Gasteiger charge is 2.58. The lowest BCUT2D eigenvalue weighted by atomic mass is 11.6. The van der Waals surface area contributed by atoms with Crippen molar-refractivity contribution in [2.45, 2.75) is 43.8 Å². The molecule has 0 aromatic heterocycles. The van der Waals surface area contributed by atoms with Crippen LogP contribution in [0.25, 0.3) is 0 Å². The SMILES string of the molecule is C[Si]([Si](C)(C)OS(=O)(=O)C(F)(F)F)[Si](C)(C)OS(=O)(=O)C(F)(F)F. The Kier molecular flexibility index (Phi) is 6.67. The lowest BCUT2D eigenvalue weighted by Crippen LogP contribution is -2.64. The van der Waals surface area contributed by atoms with Crippen molar-refractivity contribution >= 4 is 43.7 Å². The van der Waals surface area contributed by atoms with Gasteiger partial charge in [-0.2, -0.15) is 43.2 Å². The molecule has 0 aliphatic heterocycles. The van der Waals surface area contributed by atoms with Crippen LogP contribution in [0.4, 0.5) is 26.3 Å². The van der Waals surface area contributed by atoms with E-state index in [9.17, 15) is 43.2 Å². The van der Waals surface area contributed by atoms with E-state index in [0.717, 1.165) is 26.2 Å². The van der Waals surface area contributed by atoms with Crippen LogP contribution in [0.1, 0.15) is 0 Å². The van der Waals surface area contributed by atoms with Crippen molar-refractivity contribution in [3.05, 3.63) is 0 Å². The van der Waals surface area contributed by atoms with Gasteiger partial charge >= 0.3 is 31.3 Å². The fourth-order valence-corrected chi connectivity index (χ4v) is 33.0. The van der Waals surface area contributed by atoms with Crippen molar-refractivity contribution in [3.8, 4) is 0 Å². The second-order valence-electron chi connectivity index (χ2n) is 5.61. The van der Waals surface area contributed by atoms with Gasteiger partial charge in [-0.25, -0.2) is 0 Å². The minimum absolute atomic E-state index is 1.06. The first kappa shape index (κ1) is 24.1. The third-order valence-corrected chi connectivity index (χ3v) is 36.0. The Morgan fingerprint density at radius 2 is 0.917 bits per heavy atom. The van der Waals surface area contributed by atoms with Crippen molar-refractivity contribution in [3.63, 3.8) is 0 Å². The van der Waals surface area contributed by atoms with Crippen molar-refractivity contribution in [1.82, 2.24) is 0 Å².